The van der Waals surface area contributed by atoms with Crippen LogP contribution in [0.5, 0.6) is 5.75 Å². The standard InChI is InChI=1S/C18H26N4O2/c1-3-4-7-15(9-11-23)22-18-17(12-20-14(2)21-18)24-13-16-8-5-6-10-19-16/h5-6,8,10,12,15,23H,3-4,7,9,11,13H2,1-2H3,(H,20,21,22)/t15-/m0/s1. The number of anilines is 1. The number of rotatable bonds is 10. The third-order valence-corrected chi connectivity index (χ3v) is 3.70. The first-order chi connectivity index (χ1) is 11.7. The lowest BCUT2D eigenvalue weighted by Gasteiger charge is -2.20. The summed E-state index contributed by atoms with van der Waals surface area (Å²) in [5.74, 6) is 1.96. The number of aryl methyl sites for hydroxylation is 1. The molecule has 24 heavy (non-hydrogen) atoms. The second kappa shape index (κ2) is 9.82. The average Bonchev–Trinajstić information content (AvgIpc) is 2.60. The highest BCUT2D eigenvalue weighted by atomic mass is 16.5. The molecule has 6 nitrogen and oxygen atoms in total. The van der Waals surface area contributed by atoms with Crippen molar-refractivity contribution in [3.05, 3.63) is 42.1 Å². The molecule has 0 aliphatic heterocycles. The summed E-state index contributed by atoms with van der Waals surface area (Å²) in [6.07, 6.45) is 7.32. The highest BCUT2D eigenvalue weighted by Gasteiger charge is 2.13. The molecule has 0 saturated heterocycles. The van der Waals surface area contributed by atoms with E-state index in [0.29, 0.717) is 30.4 Å². The molecule has 0 fully saturated rings. The molecule has 2 heterocycles. The van der Waals surface area contributed by atoms with Crippen molar-refractivity contribution in [2.75, 3.05) is 11.9 Å². The first kappa shape index (κ1) is 18.1. The Kier molecular flexibility index (Phi) is 7.42. The maximum atomic E-state index is 9.28. The van der Waals surface area contributed by atoms with Crippen LogP contribution in [0.3, 0.4) is 0 Å². The Morgan fingerprint density at radius 1 is 1.25 bits per heavy atom. The fourth-order valence-corrected chi connectivity index (χ4v) is 2.39. The minimum Gasteiger partial charge on any atom is -0.482 e. The van der Waals surface area contributed by atoms with Gasteiger partial charge in [-0.05, 0) is 31.9 Å². The molecule has 0 aliphatic rings. The van der Waals surface area contributed by atoms with Gasteiger partial charge in [-0.25, -0.2) is 9.97 Å². The van der Waals surface area contributed by atoms with Gasteiger partial charge in [-0.3, -0.25) is 4.98 Å². The number of aromatic nitrogens is 3. The summed E-state index contributed by atoms with van der Waals surface area (Å²) in [5.41, 5.74) is 0.849. The van der Waals surface area contributed by atoms with Gasteiger partial charge in [0.05, 0.1) is 11.9 Å². The molecule has 2 N–H and O–H groups in total. The number of aliphatic hydroxyl groups excluding tert-OH is 1. The SMILES string of the molecule is CCCC[C@@H](CCO)Nc1nc(C)ncc1OCc1ccccn1. The maximum Gasteiger partial charge on any atom is 0.180 e. The molecule has 0 bridgehead atoms. The largest absolute Gasteiger partial charge is 0.482 e. The van der Waals surface area contributed by atoms with Crippen LogP contribution in [0, 0.1) is 6.92 Å². The highest BCUT2D eigenvalue weighted by molar-refractivity contribution is 5.49. The number of ether oxygens (including phenoxy) is 1. The van der Waals surface area contributed by atoms with E-state index in [1.807, 2.05) is 25.1 Å². The van der Waals surface area contributed by atoms with E-state index in [-0.39, 0.29) is 12.6 Å². The van der Waals surface area contributed by atoms with Crippen molar-refractivity contribution in [1.82, 2.24) is 15.0 Å². The van der Waals surface area contributed by atoms with Crippen LogP contribution in [0.2, 0.25) is 0 Å². The van der Waals surface area contributed by atoms with E-state index in [0.717, 1.165) is 25.0 Å². The van der Waals surface area contributed by atoms with Crippen molar-refractivity contribution in [2.24, 2.45) is 0 Å². The molecular weight excluding hydrogens is 304 g/mol. The van der Waals surface area contributed by atoms with Gasteiger partial charge in [-0.2, -0.15) is 0 Å². The second-order valence-electron chi connectivity index (χ2n) is 5.74. The van der Waals surface area contributed by atoms with Crippen molar-refractivity contribution in [3.63, 3.8) is 0 Å². The number of aliphatic hydroxyl groups is 1. The van der Waals surface area contributed by atoms with Crippen molar-refractivity contribution in [1.29, 1.82) is 0 Å². The van der Waals surface area contributed by atoms with Crippen LogP contribution in [-0.4, -0.2) is 32.7 Å². The van der Waals surface area contributed by atoms with E-state index in [2.05, 4.69) is 27.2 Å². The Morgan fingerprint density at radius 2 is 2.12 bits per heavy atom. The number of hydrogen-bond donors (Lipinski definition) is 2. The predicted molar refractivity (Wildman–Crippen MR) is 94.0 cm³/mol. The van der Waals surface area contributed by atoms with Gasteiger partial charge in [0.1, 0.15) is 12.4 Å². The van der Waals surface area contributed by atoms with E-state index < -0.39 is 0 Å². The molecule has 2 aromatic rings. The van der Waals surface area contributed by atoms with Crippen LogP contribution in [0.1, 0.15) is 44.1 Å². The summed E-state index contributed by atoms with van der Waals surface area (Å²) >= 11 is 0. The van der Waals surface area contributed by atoms with E-state index in [1.54, 1.807) is 12.4 Å². The maximum absolute atomic E-state index is 9.28. The summed E-state index contributed by atoms with van der Waals surface area (Å²) < 4.78 is 5.85. The summed E-state index contributed by atoms with van der Waals surface area (Å²) in [6.45, 7) is 4.52. The molecule has 2 rings (SSSR count). The molecule has 0 aliphatic carbocycles. The summed E-state index contributed by atoms with van der Waals surface area (Å²) in [6, 6.07) is 5.89. The van der Waals surface area contributed by atoms with Gasteiger partial charge in [0.25, 0.3) is 0 Å². The number of hydrogen-bond acceptors (Lipinski definition) is 6. The summed E-state index contributed by atoms with van der Waals surface area (Å²) in [4.78, 5) is 12.9. The average molecular weight is 330 g/mol. The zero-order valence-electron chi connectivity index (χ0n) is 14.4. The van der Waals surface area contributed by atoms with Gasteiger partial charge in [0.2, 0.25) is 0 Å². The Bertz CT molecular complexity index is 607. The van der Waals surface area contributed by atoms with Gasteiger partial charge in [-0.15, -0.1) is 0 Å². The number of unbranched alkanes of at least 4 members (excludes halogenated alkanes) is 1. The van der Waals surface area contributed by atoms with E-state index >= 15 is 0 Å². The first-order valence-corrected chi connectivity index (χ1v) is 8.46. The van der Waals surface area contributed by atoms with Gasteiger partial charge in [0.15, 0.2) is 11.6 Å². The molecule has 0 unspecified atom stereocenters. The monoisotopic (exact) mass is 330 g/mol. The van der Waals surface area contributed by atoms with Gasteiger partial charge < -0.3 is 15.2 Å². The first-order valence-electron chi connectivity index (χ1n) is 8.46. The third-order valence-electron chi connectivity index (χ3n) is 3.70. The molecule has 0 saturated carbocycles. The Morgan fingerprint density at radius 3 is 2.83 bits per heavy atom. The third kappa shape index (κ3) is 5.77. The predicted octanol–water partition coefficient (Wildman–Crippen LogP) is 3.11. The van der Waals surface area contributed by atoms with Crippen LogP contribution in [0.25, 0.3) is 0 Å². The molecular formula is C18H26N4O2. The van der Waals surface area contributed by atoms with Crippen LogP contribution in [-0.2, 0) is 6.61 Å². The number of pyridine rings is 1. The normalized spacial score (nSPS) is 12.0. The Hall–Kier alpha value is -2.21. The van der Waals surface area contributed by atoms with E-state index in [4.69, 9.17) is 4.74 Å². The lowest BCUT2D eigenvalue weighted by Crippen LogP contribution is -2.22. The fraction of sp³-hybridized carbons (Fsp3) is 0.500. The quantitative estimate of drug-likeness (QED) is 0.697. The molecule has 1 atom stereocenters. The minimum absolute atomic E-state index is 0.148. The molecule has 0 spiro atoms. The minimum atomic E-state index is 0.148. The van der Waals surface area contributed by atoms with Crippen molar-refractivity contribution in [3.8, 4) is 5.75 Å². The lowest BCUT2D eigenvalue weighted by molar-refractivity contribution is 0.275. The smallest absolute Gasteiger partial charge is 0.180 e. The van der Waals surface area contributed by atoms with E-state index in [9.17, 15) is 5.11 Å². The van der Waals surface area contributed by atoms with E-state index in [1.165, 1.54) is 0 Å². The topological polar surface area (TPSA) is 80.2 Å². The number of nitrogens with zero attached hydrogens (tertiary/aromatic N) is 3. The molecule has 130 valence electrons. The summed E-state index contributed by atoms with van der Waals surface area (Å²) in [7, 11) is 0. The number of nitrogens with one attached hydrogen (secondary N) is 1. The van der Waals surface area contributed by atoms with Crippen molar-refractivity contribution < 1.29 is 9.84 Å². The zero-order valence-corrected chi connectivity index (χ0v) is 14.4. The van der Waals surface area contributed by atoms with Crippen LogP contribution in [0.4, 0.5) is 5.82 Å². The van der Waals surface area contributed by atoms with Crippen LogP contribution >= 0.6 is 0 Å². The molecule has 0 amide bonds. The summed E-state index contributed by atoms with van der Waals surface area (Å²) in [5, 5.41) is 12.7. The highest BCUT2D eigenvalue weighted by Crippen LogP contribution is 2.24. The van der Waals surface area contributed by atoms with Crippen LogP contribution < -0.4 is 10.1 Å². The molecule has 6 heteroatoms. The zero-order chi connectivity index (χ0) is 17.2. The van der Waals surface area contributed by atoms with Gasteiger partial charge >= 0.3 is 0 Å². The second-order valence-corrected chi connectivity index (χ2v) is 5.74. The van der Waals surface area contributed by atoms with Crippen molar-refractivity contribution in [2.45, 2.75) is 52.2 Å². The molecule has 2 aromatic heterocycles. The Balaban J connectivity index is 2.08. The van der Waals surface area contributed by atoms with Gasteiger partial charge in [0, 0.05) is 18.8 Å². The lowest BCUT2D eigenvalue weighted by atomic mass is 10.1. The van der Waals surface area contributed by atoms with Crippen LogP contribution in [0.15, 0.2) is 30.6 Å². The van der Waals surface area contributed by atoms with Gasteiger partial charge in [-0.1, -0.05) is 25.8 Å². The van der Waals surface area contributed by atoms with Crippen molar-refractivity contribution >= 4 is 5.82 Å². The molecule has 0 radical (unpaired) electrons. The fourth-order valence-electron chi connectivity index (χ4n) is 2.39. The molecule has 0 aromatic carbocycles. The Labute approximate surface area is 143 Å².